The second-order valence-corrected chi connectivity index (χ2v) is 5.02. The van der Waals surface area contributed by atoms with E-state index in [2.05, 4.69) is 21.7 Å². The van der Waals surface area contributed by atoms with E-state index in [0.717, 1.165) is 16.8 Å². The molecule has 22 heavy (non-hydrogen) atoms. The summed E-state index contributed by atoms with van der Waals surface area (Å²) in [5.41, 5.74) is 3.75. The Kier molecular flexibility index (Phi) is 3.58. The van der Waals surface area contributed by atoms with Crippen molar-refractivity contribution in [2.24, 2.45) is 0 Å². The van der Waals surface area contributed by atoms with Crippen molar-refractivity contribution in [1.29, 1.82) is 5.26 Å². The van der Waals surface area contributed by atoms with Gasteiger partial charge in [-0.2, -0.15) is 5.26 Å². The van der Waals surface area contributed by atoms with Crippen LogP contribution in [0.4, 0.5) is 4.79 Å². The highest BCUT2D eigenvalue weighted by atomic mass is 16.2. The van der Waals surface area contributed by atoms with Crippen molar-refractivity contribution in [3.63, 3.8) is 0 Å². The molecule has 0 saturated carbocycles. The van der Waals surface area contributed by atoms with E-state index in [-0.39, 0.29) is 6.03 Å². The molecule has 0 aliphatic carbocycles. The number of hydrogen-bond donors (Lipinski definition) is 2. The van der Waals surface area contributed by atoms with Gasteiger partial charge in [-0.3, -0.25) is 4.98 Å². The third kappa shape index (κ3) is 2.54. The summed E-state index contributed by atoms with van der Waals surface area (Å²) in [5.74, 6) is 0. The highest BCUT2D eigenvalue weighted by molar-refractivity contribution is 5.79. The zero-order chi connectivity index (χ0) is 15.5. The molecule has 0 fully saturated rings. The summed E-state index contributed by atoms with van der Waals surface area (Å²) in [6, 6.07) is 14.8. The summed E-state index contributed by atoms with van der Waals surface area (Å²) in [7, 11) is 0. The summed E-state index contributed by atoms with van der Waals surface area (Å²) in [4.78, 5) is 16.0. The van der Waals surface area contributed by atoms with Crippen molar-refractivity contribution < 1.29 is 4.79 Å². The lowest BCUT2D eigenvalue weighted by Crippen LogP contribution is -2.43. The molecule has 5 heteroatoms. The molecule has 5 nitrogen and oxygen atoms in total. The number of benzene rings is 1. The van der Waals surface area contributed by atoms with Gasteiger partial charge in [-0.1, -0.05) is 24.3 Å². The third-order valence-corrected chi connectivity index (χ3v) is 3.57. The van der Waals surface area contributed by atoms with Crippen molar-refractivity contribution in [2.45, 2.75) is 13.0 Å². The van der Waals surface area contributed by atoms with Crippen molar-refractivity contribution in [3.05, 3.63) is 65.5 Å². The topological polar surface area (TPSA) is 77.8 Å². The van der Waals surface area contributed by atoms with Crippen molar-refractivity contribution in [3.8, 4) is 17.3 Å². The number of carbonyl (C=O) groups excluding carboxylic acids is 1. The van der Waals surface area contributed by atoms with Gasteiger partial charge in [0, 0.05) is 17.5 Å². The lowest BCUT2D eigenvalue weighted by Gasteiger charge is -2.26. The van der Waals surface area contributed by atoms with Crippen LogP contribution in [0.25, 0.3) is 11.3 Å². The minimum atomic E-state index is -0.442. The minimum absolute atomic E-state index is 0.301. The Balaban J connectivity index is 2.04. The molecule has 0 bridgehead atoms. The molecule has 0 saturated heterocycles. The van der Waals surface area contributed by atoms with Crippen LogP contribution in [0, 0.1) is 11.3 Å². The van der Waals surface area contributed by atoms with E-state index in [1.807, 2.05) is 42.5 Å². The minimum Gasteiger partial charge on any atom is -0.326 e. The normalized spacial score (nSPS) is 17.5. The van der Waals surface area contributed by atoms with Gasteiger partial charge >= 0.3 is 6.03 Å². The van der Waals surface area contributed by atoms with Crippen LogP contribution in [-0.2, 0) is 0 Å². The molecule has 1 aliphatic rings. The average molecular weight is 290 g/mol. The number of rotatable bonds is 2. The summed E-state index contributed by atoms with van der Waals surface area (Å²) >= 11 is 0. The Morgan fingerprint density at radius 3 is 2.82 bits per heavy atom. The average Bonchev–Trinajstić information content (AvgIpc) is 2.55. The zero-order valence-corrected chi connectivity index (χ0v) is 12.0. The van der Waals surface area contributed by atoms with E-state index >= 15 is 0 Å². The van der Waals surface area contributed by atoms with Crippen molar-refractivity contribution in [2.75, 3.05) is 0 Å². The van der Waals surface area contributed by atoms with Gasteiger partial charge in [-0.05, 0) is 30.7 Å². The molecule has 2 aromatic rings. The van der Waals surface area contributed by atoms with Crippen molar-refractivity contribution in [1.82, 2.24) is 15.6 Å². The van der Waals surface area contributed by atoms with Gasteiger partial charge in [0.05, 0.1) is 23.4 Å². The number of aromatic nitrogens is 1. The molecule has 1 aliphatic heterocycles. The maximum absolute atomic E-state index is 11.7. The number of nitrogens with zero attached hydrogens (tertiary/aromatic N) is 2. The van der Waals surface area contributed by atoms with Crippen LogP contribution in [0.1, 0.15) is 18.5 Å². The van der Waals surface area contributed by atoms with E-state index in [9.17, 15) is 10.1 Å². The van der Waals surface area contributed by atoms with Crippen LogP contribution >= 0.6 is 0 Å². The van der Waals surface area contributed by atoms with Crippen LogP contribution in [0.2, 0.25) is 0 Å². The first kappa shape index (κ1) is 13.8. The molecular weight excluding hydrogens is 276 g/mol. The Morgan fingerprint density at radius 2 is 2.09 bits per heavy atom. The molecule has 3 rings (SSSR count). The molecule has 2 N–H and O–H groups in total. The number of nitriles is 1. The maximum Gasteiger partial charge on any atom is 0.319 e. The predicted octanol–water partition coefficient (Wildman–Crippen LogP) is 2.90. The predicted molar refractivity (Wildman–Crippen MR) is 82.4 cm³/mol. The number of amides is 2. The van der Waals surface area contributed by atoms with E-state index < -0.39 is 6.04 Å². The molecule has 2 heterocycles. The number of hydrogen-bond acceptors (Lipinski definition) is 3. The largest absolute Gasteiger partial charge is 0.326 e. The SMILES string of the molecule is CC1=C(C#N)C(c2cccc(-c3ccccn3)c2)NC(=O)N1. The standard InChI is InChI=1S/C17H14N4O/c1-11-14(10-18)16(21-17(22)20-11)13-6-4-5-12(9-13)15-7-2-3-8-19-15/h2-9,16H,1H3,(H2,20,21,22). The first-order valence-corrected chi connectivity index (χ1v) is 6.89. The number of pyridine rings is 1. The van der Waals surface area contributed by atoms with Crippen LogP contribution < -0.4 is 10.6 Å². The molecule has 1 atom stereocenters. The molecule has 108 valence electrons. The third-order valence-electron chi connectivity index (χ3n) is 3.57. The zero-order valence-electron chi connectivity index (χ0n) is 12.0. The molecule has 1 aromatic carbocycles. The fourth-order valence-corrected chi connectivity index (χ4v) is 2.50. The Labute approximate surface area is 128 Å². The molecular formula is C17H14N4O. The molecule has 2 amide bonds. The summed E-state index contributed by atoms with van der Waals surface area (Å²) < 4.78 is 0. The summed E-state index contributed by atoms with van der Waals surface area (Å²) in [5, 5.41) is 14.8. The van der Waals surface area contributed by atoms with Crippen LogP contribution in [0.15, 0.2) is 59.9 Å². The Bertz CT molecular complexity index is 790. The quantitative estimate of drug-likeness (QED) is 0.892. The Morgan fingerprint density at radius 1 is 1.23 bits per heavy atom. The first-order chi connectivity index (χ1) is 10.7. The fraction of sp³-hybridized carbons (Fsp3) is 0.118. The van der Waals surface area contributed by atoms with Gasteiger partial charge in [0.2, 0.25) is 0 Å². The van der Waals surface area contributed by atoms with Gasteiger partial charge in [-0.15, -0.1) is 0 Å². The van der Waals surface area contributed by atoms with Gasteiger partial charge in [-0.25, -0.2) is 4.79 Å². The summed E-state index contributed by atoms with van der Waals surface area (Å²) in [6.07, 6.45) is 1.74. The van der Waals surface area contributed by atoms with Gasteiger partial charge in [0.1, 0.15) is 0 Å². The molecule has 1 aromatic heterocycles. The molecule has 0 spiro atoms. The highest BCUT2D eigenvalue weighted by Crippen LogP contribution is 2.28. The van der Waals surface area contributed by atoms with Crippen LogP contribution in [0.3, 0.4) is 0 Å². The van der Waals surface area contributed by atoms with E-state index in [0.29, 0.717) is 11.3 Å². The first-order valence-electron chi connectivity index (χ1n) is 6.89. The number of nitrogens with one attached hydrogen (secondary N) is 2. The smallest absolute Gasteiger partial charge is 0.319 e. The van der Waals surface area contributed by atoms with Crippen LogP contribution in [0.5, 0.6) is 0 Å². The molecule has 0 radical (unpaired) electrons. The van der Waals surface area contributed by atoms with E-state index in [1.54, 1.807) is 13.1 Å². The number of carbonyl (C=O) groups is 1. The lowest BCUT2D eigenvalue weighted by molar-refractivity contribution is 0.239. The summed E-state index contributed by atoms with van der Waals surface area (Å²) in [6.45, 7) is 1.73. The van der Waals surface area contributed by atoms with Crippen molar-refractivity contribution >= 4 is 6.03 Å². The van der Waals surface area contributed by atoms with Gasteiger partial charge in [0.15, 0.2) is 0 Å². The second kappa shape index (κ2) is 5.70. The van der Waals surface area contributed by atoms with Gasteiger partial charge in [0.25, 0.3) is 0 Å². The van der Waals surface area contributed by atoms with E-state index in [4.69, 9.17) is 0 Å². The number of urea groups is 1. The number of allylic oxidation sites excluding steroid dienone is 1. The fourth-order valence-electron chi connectivity index (χ4n) is 2.50. The Hall–Kier alpha value is -3.13. The lowest BCUT2D eigenvalue weighted by atomic mass is 9.94. The highest BCUT2D eigenvalue weighted by Gasteiger charge is 2.26. The monoisotopic (exact) mass is 290 g/mol. The van der Waals surface area contributed by atoms with Crippen LogP contribution in [-0.4, -0.2) is 11.0 Å². The van der Waals surface area contributed by atoms with Gasteiger partial charge < -0.3 is 10.6 Å². The van der Waals surface area contributed by atoms with E-state index in [1.165, 1.54) is 0 Å². The second-order valence-electron chi connectivity index (χ2n) is 5.02. The maximum atomic E-state index is 11.7. The molecule has 1 unspecified atom stereocenters.